The zero-order chi connectivity index (χ0) is 28.9. The Bertz CT molecular complexity index is 1910. The molecule has 0 saturated heterocycles. The number of nitrogens with zero attached hydrogens (tertiary/aromatic N) is 7. The Balaban J connectivity index is 1.63. The SMILES string of the molecule is [2H]C([2H])([2H])C1C=c2cc(Nc3nc(=O)n(Cc4ncn(C)n4)c(=O)n3Cc3cc(F)c(F)cc3F)c(Cl)cc2=N1. The molecule has 1 aliphatic heterocycles. The second kappa shape index (κ2) is 9.32. The van der Waals surface area contributed by atoms with Gasteiger partial charge in [0.05, 0.1) is 35.2 Å². The van der Waals surface area contributed by atoms with E-state index in [0.29, 0.717) is 27.3 Å². The molecule has 1 N–H and O–H groups in total. The molecule has 0 fully saturated rings. The summed E-state index contributed by atoms with van der Waals surface area (Å²) in [5.41, 5.74) is -2.28. The van der Waals surface area contributed by atoms with Crippen LogP contribution in [0.1, 0.15) is 22.4 Å². The highest BCUT2D eigenvalue weighted by atomic mass is 35.5. The number of aromatic nitrogens is 6. The van der Waals surface area contributed by atoms with Crippen molar-refractivity contribution in [1.29, 1.82) is 0 Å². The van der Waals surface area contributed by atoms with Crippen molar-refractivity contribution in [3.63, 3.8) is 0 Å². The van der Waals surface area contributed by atoms with Crippen LogP contribution in [0.25, 0.3) is 6.08 Å². The van der Waals surface area contributed by atoms with Crippen molar-refractivity contribution < 1.29 is 17.3 Å². The van der Waals surface area contributed by atoms with Crippen LogP contribution in [0.15, 0.2) is 45.2 Å². The predicted octanol–water partition coefficient (Wildman–Crippen LogP) is 1.25. The summed E-state index contributed by atoms with van der Waals surface area (Å²) in [6.45, 7) is -3.42. The van der Waals surface area contributed by atoms with Gasteiger partial charge in [0.25, 0.3) is 0 Å². The highest BCUT2D eigenvalue weighted by Crippen LogP contribution is 2.22. The molecule has 1 aliphatic rings. The molecule has 1 atom stereocenters. The van der Waals surface area contributed by atoms with Gasteiger partial charge in [-0.3, -0.25) is 14.2 Å². The molecule has 0 bridgehead atoms. The fourth-order valence-electron chi connectivity index (χ4n) is 3.75. The Hall–Kier alpha value is -4.26. The lowest BCUT2D eigenvalue weighted by atomic mass is 10.2. The molecule has 0 saturated carbocycles. The third-order valence-electron chi connectivity index (χ3n) is 5.49. The summed E-state index contributed by atoms with van der Waals surface area (Å²) in [6.07, 6.45) is 2.77. The molecule has 0 radical (unpaired) electrons. The van der Waals surface area contributed by atoms with Gasteiger partial charge in [-0.1, -0.05) is 17.7 Å². The molecule has 3 heterocycles. The molecule has 190 valence electrons. The molecular formula is C23H18ClF3N8O2. The Morgan fingerprint density at radius 3 is 2.59 bits per heavy atom. The van der Waals surface area contributed by atoms with Gasteiger partial charge in [-0.15, -0.1) is 0 Å². The van der Waals surface area contributed by atoms with Gasteiger partial charge < -0.3 is 5.32 Å². The molecule has 37 heavy (non-hydrogen) atoms. The van der Waals surface area contributed by atoms with Crippen LogP contribution in [0.5, 0.6) is 0 Å². The topological polar surface area (TPSA) is 112 Å². The monoisotopic (exact) mass is 533 g/mol. The van der Waals surface area contributed by atoms with E-state index < -0.39 is 59.8 Å². The minimum Gasteiger partial charge on any atom is -0.324 e. The first-order valence-corrected chi connectivity index (χ1v) is 11.0. The van der Waals surface area contributed by atoms with Gasteiger partial charge in [-0.05, 0) is 30.3 Å². The van der Waals surface area contributed by atoms with E-state index in [1.54, 1.807) is 7.05 Å². The fourth-order valence-corrected chi connectivity index (χ4v) is 3.96. The molecule has 2 aromatic carbocycles. The number of fused-ring (bicyclic) bond motifs is 1. The average molecular weight is 534 g/mol. The highest BCUT2D eigenvalue weighted by Gasteiger charge is 2.19. The average Bonchev–Trinajstić information content (AvgIpc) is 3.48. The Morgan fingerprint density at radius 2 is 1.86 bits per heavy atom. The van der Waals surface area contributed by atoms with Gasteiger partial charge >= 0.3 is 11.4 Å². The molecule has 0 spiro atoms. The first-order chi connectivity index (χ1) is 18.8. The fraction of sp³-hybridized carbons (Fsp3) is 0.217. The number of hydrogen-bond donors (Lipinski definition) is 1. The molecule has 1 unspecified atom stereocenters. The number of anilines is 2. The lowest BCUT2D eigenvalue weighted by Crippen LogP contribution is -2.43. The molecule has 0 aliphatic carbocycles. The molecule has 5 rings (SSSR count). The Kier molecular flexibility index (Phi) is 5.26. The van der Waals surface area contributed by atoms with Crippen molar-refractivity contribution in [2.24, 2.45) is 12.0 Å². The van der Waals surface area contributed by atoms with E-state index in [1.165, 1.54) is 29.2 Å². The number of aryl methyl sites for hydroxylation is 1. The van der Waals surface area contributed by atoms with E-state index in [2.05, 4.69) is 25.4 Å². The van der Waals surface area contributed by atoms with Crippen LogP contribution in [0, 0.1) is 17.5 Å². The van der Waals surface area contributed by atoms with Crippen molar-refractivity contribution in [1.82, 2.24) is 28.9 Å². The van der Waals surface area contributed by atoms with E-state index >= 15 is 0 Å². The summed E-state index contributed by atoms with van der Waals surface area (Å²) in [4.78, 5) is 38.4. The lowest BCUT2D eigenvalue weighted by Gasteiger charge is -2.16. The van der Waals surface area contributed by atoms with Crippen LogP contribution in [0.4, 0.5) is 24.8 Å². The Labute approximate surface area is 215 Å². The van der Waals surface area contributed by atoms with E-state index in [4.69, 9.17) is 15.7 Å². The Morgan fingerprint density at radius 1 is 1.08 bits per heavy atom. The lowest BCUT2D eigenvalue weighted by molar-refractivity contribution is 0.485. The maximum absolute atomic E-state index is 14.5. The number of hydrogen-bond acceptors (Lipinski definition) is 7. The molecule has 4 aromatic rings. The van der Waals surface area contributed by atoms with Gasteiger partial charge in [0, 0.05) is 22.8 Å². The standard InChI is InChI=1S/C23H18ClF3N8O2/c1-11-3-12-5-19(14(24)6-18(12)29-11)30-21-31-22(36)35(9-20-28-10-33(2)32-20)23(37)34(21)8-13-4-16(26)17(27)7-15(13)25/h3-7,10-11H,8-9H2,1-2H3,(H,30,31,36)/i1D3. The van der Waals surface area contributed by atoms with Crippen LogP contribution >= 0.6 is 11.6 Å². The molecule has 14 heteroatoms. The van der Waals surface area contributed by atoms with Crippen molar-refractivity contribution in [2.75, 3.05) is 5.32 Å². The van der Waals surface area contributed by atoms with Crippen LogP contribution in [-0.2, 0) is 20.1 Å². The van der Waals surface area contributed by atoms with Gasteiger partial charge in [-0.25, -0.2) is 32.3 Å². The summed E-state index contributed by atoms with van der Waals surface area (Å²) < 4.78 is 67.7. The second-order valence-corrected chi connectivity index (χ2v) is 8.53. The predicted molar refractivity (Wildman–Crippen MR) is 128 cm³/mol. The summed E-state index contributed by atoms with van der Waals surface area (Å²) in [5, 5.41) is 7.56. The van der Waals surface area contributed by atoms with Crippen LogP contribution < -0.4 is 27.3 Å². The third kappa shape index (κ3) is 4.77. The summed E-state index contributed by atoms with van der Waals surface area (Å²) >= 11 is 6.37. The second-order valence-electron chi connectivity index (χ2n) is 8.12. The molecule has 10 nitrogen and oxygen atoms in total. The van der Waals surface area contributed by atoms with Crippen molar-refractivity contribution >= 4 is 29.3 Å². The van der Waals surface area contributed by atoms with Gasteiger partial charge in [0.2, 0.25) is 5.95 Å². The van der Waals surface area contributed by atoms with Crippen molar-refractivity contribution in [3.8, 4) is 0 Å². The number of nitrogens with one attached hydrogen (secondary N) is 1. The van der Waals surface area contributed by atoms with Gasteiger partial charge in [0.15, 0.2) is 17.5 Å². The van der Waals surface area contributed by atoms with Crippen molar-refractivity contribution in [2.45, 2.75) is 26.0 Å². The van der Waals surface area contributed by atoms with E-state index in [9.17, 15) is 22.8 Å². The van der Waals surface area contributed by atoms with Crippen LogP contribution in [0.2, 0.25) is 5.02 Å². The smallest absolute Gasteiger partial charge is 0.324 e. The molecule has 2 aromatic heterocycles. The summed E-state index contributed by atoms with van der Waals surface area (Å²) in [7, 11) is 1.58. The number of halogens is 4. The van der Waals surface area contributed by atoms with Gasteiger partial charge in [-0.2, -0.15) is 10.1 Å². The van der Waals surface area contributed by atoms with Crippen molar-refractivity contribution in [3.05, 3.63) is 96.0 Å². The van der Waals surface area contributed by atoms with E-state index in [1.807, 2.05) is 0 Å². The minimum absolute atomic E-state index is 0.0452. The number of rotatable bonds is 6. The van der Waals surface area contributed by atoms with Gasteiger partial charge in [0.1, 0.15) is 12.1 Å². The first kappa shape index (κ1) is 20.9. The third-order valence-corrected chi connectivity index (χ3v) is 5.81. The quantitative estimate of drug-likeness (QED) is 0.373. The maximum atomic E-state index is 14.5. The van der Waals surface area contributed by atoms with E-state index in [0.717, 1.165) is 4.57 Å². The minimum atomic E-state index is -2.39. The van der Waals surface area contributed by atoms with E-state index in [-0.39, 0.29) is 23.1 Å². The maximum Gasteiger partial charge on any atom is 0.355 e. The number of benzene rings is 2. The first-order valence-electron chi connectivity index (χ1n) is 12.2. The summed E-state index contributed by atoms with van der Waals surface area (Å²) in [5.74, 6) is -4.18. The van der Waals surface area contributed by atoms with Crippen LogP contribution in [-0.4, -0.2) is 34.9 Å². The summed E-state index contributed by atoms with van der Waals surface area (Å²) in [6, 6.07) is 2.68. The highest BCUT2D eigenvalue weighted by molar-refractivity contribution is 6.33. The normalized spacial score (nSPS) is 15.8. The zero-order valence-corrected chi connectivity index (χ0v) is 19.7. The van der Waals surface area contributed by atoms with Crippen LogP contribution in [0.3, 0.4) is 0 Å². The largest absolute Gasteiger partial charge is 0.355 e. The molecular weight excluding hydrogens is 513 g/mol. The molecule has 0 amide bonds. The zero-order valence-electron chi connectivity index (χ0n) is 21.9.